The van der Waals surface area contributed by atoms with Crippen molar-refractivity contribution in [3.05, 3.63) is 0 Å². The molecule has 3 atom stereocenters. The van der Waals surface area contributed by atoms with Gasteiger partial charge in [-0.15, -0.1) is 0 Å². The predicted molar refractivity (Wildman–Crippen MR) is 112 cm³/mol. The average Bonchev–Trinajstić information content (AvgIpc) is 3.07. The third-order valence-corrected chi connectivity index (χ3v) is 6.93. The van der Waals surface area contributed by atoms with E-state index in [9.17, 15) is 14.7 Å². The summed E-state index contributed by atoms with van der Waals surface area (Å²) < 4.78 is 9.67. The molecule has 3 N–H and O–H groups in total. The van der Waals surface area contributed by atoms with Gasteiger partial charge in [0, 0.05) is 12.3 Å². The molecular weight excluding hydrogens is 388 g/mol. The van der Waals surface area contributed by atoms with Crippen LogP contribution in [0.2, 0.25) is 0 Å². The lowest BCUT2D eigenvalue weighted by Gasteiger charge is -2.27. The second-order valence-corrected chi connectivity index (χ2v) is 9.23. The zero-order chi connectivity index (χ0) is 22.0. The predicted octanol–water partition coefficient (Wildman–Crippen LogP) is 3.50. The lowest BCUT2D eigenvalue weighted by molar-refractivity contribution is -0.345. The van der Waals surface area contributed by atoms with Gasteiger partial charge in [-0.1, -0.05) is 51.9 Å². The molecule has 0 aromatic rings. The van der Waals surface area contributed by atoms with E-state index in [4.69, 9.17) is 14.9 Å². The highest BCUT2D eigenvalue weighted by molar-refractivity contribution is 5.83. The van der Waals surface area contributed by atoms with Crippen molar-refractivity contribution in [2.75, 3.05) is 19.8 Å². The Labute approximate surface area is 180 Å². The fraction of sp³-hybridized carbons (Fsp3) is 0.913. The zero-order valence-electron chi connectivity index (χ0n) is 18.4. The van der Waals surface area contributed by atoms with Crippen molar-refractivity contribution in [1.82, 2.24) is 0 Å². The van der Waals surface area contributed by atoms with Gasteiger partial charge in [-0.05, 0) is 43.4 Å². The summed E-state index contributed by atoms with van der Waals surface area (Å²) in [6.07, 6.45) is 12.8. The Morgan fingerprint density at radius 2 is 1.70 bits per heavy atom. The first-order valence-electron chi connectivity index (χ1n) is 11.7. The van der Waals surface area contributed by atoms with Crippen LogP contribution in [0, 0.1) is 23.7 Å². The van der Waals surface area contributed by atoms with Gasteiger partial charge in [0.25, 0.3) is 0 Å². The monoisotopic (exact) mass is 428 g/mol. The molecule has 0 aromatic heterocycles. The van der Waals surface area contributed by atoms with Crippen LogP contribution >= 0.6 is 0 Å². The Hall–Kier alpha value is -1.02. The summed E-state index contributed by atoms with van der Waals surface area (Å²) in [5.41, 5.74) is 0. The van der Waals surface area contributed by atoms with Crippen LogP contribution < -0.4 is 0 Å². The summed E-state index contributed by atoms with van der Waals surface area (Å²) in [5.74, 6) is -1.67. The molecule has 2 fully saturated rings. The number of hydrogen-bond donors (Lipinski definition) is 3. The number of Topliss-reactive ketones (excluding diaryl/α,β-unsaturated/α-hetero) is 1. The summed E-state index contributed by atoms with van der Waals surface area (Å²) in [4.78, 5) is 23.4. The van der Waals surface area contributed by atoms with Crippen molar-refractivity contribution >= 4 is 11.8 Å². The number of aliphatic carboxylic acids is 1. The summed E-state index contributed by atoms with van der Waals surface area (Å²) in [6.45, 7) is 1.62. The van der Waals surface area contributed by atoms with Gasteiger partial charge in [0.05, 0.1) is 19.8 Å². The van der Waals surface area contributed by atoms with Crippen molar-refractivity contribution in [2.24, 2.45) is 23.7 Å². The molecule has 2 rings (SSSR count). The number of carbonyl (C=O) groups is 2. The molecule has 2 aliphatic carbocycles. The van der Waals surface area contributed by atoms with Crippen LogP contribution in [0.1, 0.15) is 84.0 Å². The molecule has 0 aliphatic heterocycles. The van der Waals surface area contributed by atoms with Crippen molar-refractivity contribution in [3.63, 3.8) is 0 Å². The largest absolute Gasteiger partial charge is 0.475 e. The second kappa shape index (κ2) is 12.7. The fourth-order valence-corrected chi connectivity index (χ4v) is 5.03. The number of hydrogen-bond acceptors (Lipinski definition) is 6. The number of carbonyl (C=O) groups excluding carboxylic acids is 1. The molecule has 0 spiro atoms. The van der Waals surface area contributed by atoms with Crippen LogP contribution in [0.15, 0.2) is 0 Å². The number of aliphatic hydroxyl groups is 2. The van der Waals surface area contributed by atoms with Crippen molar-refractivity contribution in [2.45, 2.75) is 89.9 Å². The van der Waals surface area contributed by atoms with E-state index in [1.807, 2.05) is 0 Å². The molecule has 174 valence electrons. The van der Waals surface area contributed by atoms with Crippen LogP contribution in [0.5, 0.6) is 0 Å². The average molecular weight is 429 g/mol. The molecule has 0 heterocycles. The molecule has 0 amide bonds. The van der Waals surface area contributed by atoms with E-state index in [2.05, 4.69) is 11.7 Å². The highest BCUT2D eigenvalue weighted by Gasteiger charge is 2.39. The molecular formula is C23H40O7. The van der Waals surface area contributed by atoms with Gasteiger partial charge in [-0.2, -0.15) is 0 Å². The third-order valence-electron chi connectivity index (χ3n) is 6.93. The van der Waals surface area contributed by atoms with Crippen LogP contribution in [0.25, 0.3) is 0 Å². The Kier molecular flexibility index (Phi) is 10.7. The minimum Gasteiger partial charge on any atom is -0.475 e. The van der Waals surface area contributed by atoms with E-state index in [1.165, 1.54) is 38.5 Å². The van der Waals surface area contributed by atoms with Crippen molar-refractivity contribution in [3.8, 4) is 0 Å². The van der Waals surface area contributed by atoms with E-state index < -0.39 is 18.5 Å². The highest BCUT2D eigenvalue weighted by Crippen LogP contribution is 2.38. The van der Waals surface area contributed by atoms with Crippen LogP contribution in [0.4, 0.5) is 0 Å². The standard InChI is InChI=1S/C23H40O7/c1-17-8-10-18(11-9-17)5-4-6-19-12-13-21(25)20(19)7-2-3-15-29-23(28,22(26)27)30-16-14-24/h17-20,24,28H,2-16H2,1H3,(H,26,27)/t17?,18?,19-,20+,23?/m0/s1. The molecule has 7 nitrogen and oxygen atoms in total. The topological polar surface area (TPSA) is 113 Å². The Morgan fingerprint density at radius 3 is 2.37 bits per heavy atom. The quantitative estimate of drug-likeness (QED) is 0.287. The number of ketones is 1. The zero-order valence-corrected chi connectivity index (χ0v) is 18.4. The van der Waals surface area contributed by atoms with Crippen LogP contribution in [-0.2, 0) is 19.1 Å². The number of rotatable bonds is 14. The van der Waals surface area contributed by atoms with Crippen LogP contribution in [0.3, 0.4) is 0 Å². The maximum atomic E-state index is 12.3. The normalized spacial score (nSPS) is 29.1. The summed E-state index contributed by atoms with van der Waals surface area (Å²) in [7, 11) is 0. The first-order chi connectivity index (χ1) is 14.4. The Morgan fingerprint density at radius 1 is 1.00 bits per heavy atom. The Balaban J connectivity index is 1.65. The van der Waals surface area contributed by atoms with E-state index >= 15 is 0 Å². The van der Waals surface area contributed by atoms with Gasteiger partial charge < -0.3 is 24.8 Å². The Bertz CT molecular complexity index is 530. The smallest absolute Gasteiger partial charge is 0.395 e. The maximum Gasteiger partial charge on any atom is 0.395 e. The molecule has 1 unspecified atom stereocenters. The lowest BCUT2D eigenvalue weighted by atomic mass is 9.79. The van der Waals surface area contributed by atoms with Crippen molar-refractivity contribution < 1.29 is 34.4 Å². The lowest BCUT2D eigenvalue weighted by Crippen LogP contribution is -2.45. The minimum absolute atomic E-state index is 0.0138. The van der Waals surface area contributed by atoms with Crippen molar-refractivity contribution in [1.29, 1.82) is 0 Å². The van der Waals surface area contributed by atoms with E-state index in [0.717, 1.165) is 37.5 Å². The van der Waals surface area contributed by atoms with Gasteiger partial charge in [-0.3, -0.25) is 4.79 Å². The number of carboxylic acid groups (broad SMARTS) is 1. The first-order valence-corrected chi connectivity index (χ1v) is 11.7. The number of ether oxygens (including phenoxy) is 2. The van der Waals surface area contributed by atoms with Gasteiger partial charge in [0.1, 0.15) is 5.78 Å². The van der Waals surface area contributed by atoms with Gasteiger partial charge in [0.2, 0.25) is 0 Å². The van der Waals surface area contributed by atoms with E-state index in [-0.39, 0.29) is 19.1 Å². The van der Waals surface area contributed by atoms with Gasteiger partial charge in [-0.25, -0.2) is 4.79 Å². The first kappa shape index (κ1) is 25.2. The van der Waals surface area contributed by atoms with Gasteiger partial charge in [0.15, 0.2) is 0 Å². The number of aliphatic hydroxyl groups excluding tert-OH is 1. The summed E-state index contributed by atoms with van der Waals surface area (Å²) in [5, 5.41) is 27.6. The molecule has 0 radical (unpaired) electrons. The van der Waals surface area contributed by atoms with E-state index in [1.54, 1.807) is 0 Å². The molecule has 7 heteroatoms. The summed E-state index contributed by atoms with van der Waals surface area (Å²) in [6, 6.07) is 0. The van der Waals surface area contributed by atoms with Crippen LogP contribution in [-0.4, -0.2) is 52.9 Å². The fourth-order valence-electron chi connectivity index (χ4n) is 5.03. The van der Waals surface area contributed by atoms with E-state index in [0.29, 0.717) is 24.5 Å². The third kappa shape index (κ3) is 7.91. The molecule has 30 heavy (non-hydrogen) atoms. The molecule has 0 saturated heterocycles. The molecule has 2 saturated carbocycles. The number of unbranched alkanes of at least 4 members (excludes halogenated alkanes) is 1. The minimum atomic E-state index is -2.73. The highest BCUT2D eigenvalue weighted by atomic mass is 16.8. The van der Waals surface area contributed by atoms with Gasteiger partial charge >= 0.3 is 11.9 Å². The maximum absolute atomic E-state index is 12.3. The summed E-state index contributed by atoms with van der Waals surface area (Å²) >= 11 is 0. The molecule has 2 aliphatic rings. The SMILES string of the molecule is CC1CCC(CCC[C@H]2CCC(=O)[C@@H]2CCCCOC(O)(OCCO)C(=O)O)CC1. The molecule has 0 bridgehead atoms. The second-order valence-electron chi connectivity index (χ2n) is 9.23. The number of carboxylic acids is 1. The molecule has 0 aromatic carbocycles.